The van der Waals surface area contributed by atoms with E-state index in [1.54, 1.807) is 0 Å². The van der Waals surface area contributed by atoms with Gasteiger partial charge in [-0.1, -0.05) is 56.5 Å². The van der Waals surface area contributed by atoms with Crippen molar-refractivity contribution in [3.05, 3.63) is 35.9 Å². The minimum absolute atomic E-state index is 0.738. The number of rotatable bonds is 9. The number of aliphatic imine (C=N–C) groups is 1. The van der Waals surface area contributed by atoms with Gasteiger partial charge >= 0.3 is 0 Å². The fourth-order valence-electron chi connectivity index (χ4n) is 1.97. The summed E-state index contributed by atoms with van der Waals surface area (Å²) < 4.78 is 0. The number of benzene rings is 1. The van der Waals surface area contributed by atoms with Crippen molar-refractivity contribution < 1.29 is 0 Å². The van der Waals surface area contributed by atoms with Crippen LogP contribution in [0.25, 0.3) is 0 Å². The number of hydrogen-bond acceptors (Lipinski definition) is 2. The fraction of sp³-hybridized carbons (Fsp3) is 0.562. The lowest BCUT2D eigenvalue weighted by Crippen LogP contribution is -2.07. The zero-order chi connectivity index (χ0) is 13.1. The molecule has 1 rings (SSSR count). The van der Waals surface area contributed by atoms with Gasteiger partial charge in [0.2, 0.25) is 0 Å². The molecule has 0 saturated carbocycles. The maximum Gasteiger partial charge on any atom is 0.0421 e. The highest BCUT2D eigenvalue weighted by atomic mass is 14.7. The summed E-state index contributed by atoms with van der Waals surface area (Å²) in [4.78, 5) is 4.76. The third-order valence-electron chi connectivity index (χ3n) is 3.04. The third kappa shape index (κ3) is 5.97. The molecule has 0 atom stereocenters. The molecular formula is C16H26N2. The van der Waals surface area contributed by atoms with E-state index in [-0.39, 0.29) is 0 Å². The Morgan fingerprint density at radius 2 is 1.83 bits per heavy atom. The van der Waals surface area contributed by atoms with Gasteiger partial charge in [0.1, 0.15) is 0 Å². The standard InChI is InChI=1S/C16H26N2/c1-2-3-4-8-14-18-16(12-9-13-17)15-10-6-5-7-11-15/h5-7,10-11H,2-4,8-9,12-14,17H2,1H3. The molecule has 1 aromatic carbocycles. The number of nitrogens with zero attached hydrogens (tertiary/aromatic N) is 1. The quantitative estimate of drug-likeness (QED) is 0.522. The normalized spacial score (nSPS) is 11.8. The van der Waals surface area contributed by atoms with Crippen molar-refractivity contribution >= 4 is 5.71 Å². The predicted molar refractivity (Wildman–Crippen MR) is 80.3 cm³/mol. The second-order valence-corrected chi connectivity index (χ2v) is 4.65. The van der Waals surface area contributed by atoms with E-state index >= 15 is 0 Å². The van der Waals surface area contributed by atoms with Crippen molar-refractivity contribution in [2.45, 2.75) is 45.4 Å². The fourth-order valence-corrected chi connectivity index (χ4v) is 1.97. The molecule has 0 amide bonds. The Hall–Kier alpha value is -1.15. The Morgan fingerprint density at radius 3 is 2.50 bits per heavy atom. The Balaban J connectivity index is 2.52. The summed E-state index contributed by atoms with van der Waals surface area (Å²) in [5.74, 6) is 0. The summed E-state index contributed by atoms with van der Waals surface area (Å²) in [6.45, 7) is 3.93. The minimum Gasteiger partial charge on any atom is -0.330 e. The highest BCUT2D eigenvalue weighted by Gasteiger charge is 2.01. The molecule has 1 aromatic rings. The van der Waals surface area contributed by atoms with Crippen LogP contribution in [-0.2, 0) is 0 Å². The highest BCUT2D eigenvalue weighted by molar-refractivity contribution is 6.00. The summed E-state index contributed by atoms with van der Waals surface area (Å²) >= 11 is 0. The highest BCUT2D eigenvalue weighted by Crippen LogP contribution is 2.08. The molecular weight excluding hydrogens is 220 g/mol. The van der Waals surface area contributed by atoms with Gasteiger partial charge in [-0.15, -0.1) is 0 Å². The Kier molecular flexibility index (Phi) is 8.15. The van der Waals surface area contributed by atoms with Gasteiger partial charge in [0.15, 0.2) is 0 Å². The van der Waals surface area contributed by atoms with Gasteiger partial charge in [-0.25, -0.2) is 0 Å². The van der Waals surface area contributed by atoms with Gasteiger partial charge in [0, 0.05) is 12.3 Å². The molecule has 0 unspecified atom stereocenters. The van der Waals surface area contributed by atoms with Crippen molar-refractivity contribution in [1.29, 1.82) is 0 Å². The molecule has 0 spiro atoms. The molecule has 0 radical (unpaired) electrons. The Morgan fingerprint density at radius 1 is 1.06 bits per heavy atom. The molecule has 0 aliphatic carbocycles. The van der Waals surface area contributed by atoms with Crippen molar-refractivity contribution in [3.63, 3.8) is 0 Å². The molecule has 0 heterocycles. The largest absolute Gasteiger partial charge is 0.330 e. The SMILES string of the molecule is CCCCCCN=C(CCCN)c1ccccc1. The van der Waals surface area contributed by atoms with E-state index in [0.717, 1.165) is 25.9 Å². The van der Waals surface area contributed by atoms with E-state index in [9.17, 15) is 0 Å². The van der Waals surface area contributed by atoms with E-state index in [1.807, 2.05) is 6.07 Å². The lowest BCUT2D eigenvalue weighted by atomic mass is 10.1. The first-order valence-electron chi connectivity index (χ1n) is 7.17. The van der Waals surface area contributed by atoms with Crippen LogP contribution in [0.1, 0.15) is 51.0 Å². The molecule has 0 bridgehead atoms. The van der Waals surface area contributed by atoms with Crippen LogP contribution >= 0.6 is 0 Å². The second-order valence-electron chi connectivity index (χ2n) is 4.65. The van der Waals surface area contributed by atoms with Crippen LogP contribution in [0, 0.1) is 0 Å². The Bertz CT molecular complexity index is 330. The Labute approximate surface area is 111 Å². The zero-order valence-corrected chi connectivity index (χ0v) is 11.6. The van der Waals surface area contributed by atoms with Gasteiger partial charge < -0.3 is 5.73 Å². The molecule has 2 heteroatoms. The molecule has 100 valence electrons. The van der Waals surface area contributed by atoms with E-state index in [2.05, 4.69) is 31.2 Å². The lowest BCUT2D eigenvalue weighted by Gasteiger charge is -2.06. The van der Waals surface area contributed by atoms with Crippen molar-refractivity contribution in [1.82, 2.24) is 0 Å². The summed E-state index contributed by atoms with van der Waals surface area (Å²) in [6.07, 6.45) is 7.10. The molecule has 0 fully saturated rings. The van der Waals surface area contributed by atoms with Crippen LogP contribution < -0.4 is 5.73 Å². The first kappa shape index (κ1) is 14.9. The molecule has 0 saturated heterocycles. The van der Waals surface area contributed by atoms with Gasteiger partial charge in [-0.05, 0) is 31.4 Å². The number of unbranched alkanes of at least 4 members (excludes halogenated alkanes) is 3. The molecule has 2 nitrogen and oxygen atoms in total. The van der Waals surface area contributed by atoms with Gasteiger partial charge in [-0.3, -0.25) is 4.99 Å². The summed E-state index contributed by atoms with van der Waals surface area (Å²) in [6, 6.07) is 10.5. The first-order valence-corrected chi connectivity index (χ1v) is 7.17. The van der Waals surface area contributed by atoms with E-state index in [1.165, 1.54) is 37.0 Å². The summed E-state index contributed by atoms with van der Waals surface area (Å²) in [5, 5.41) is 0. The van der Waals surface area contributed by atoms with Crippen molar-refractivity contribution in [3.8, 4) is 0 Å². The molecule has 0 aromatic heterocycles. The van der Waals surface area contributed by atoms with Crippen molar-refractivity contribution in [2.75, 3.05) is 13.1 Å². The van der Waals surface area contributed by atoms with Crippen LogP contribution in [0.4, 0.5) is 0 Å². The van der Waals surface area contributed by atoms with Gasteiger partial charge in [-0.2, -0.15) is 0 Å². The maximum absolute atomic E-state index is 5.59. The topological polar surface area (TPSA) is 38.4 Å². The van der Waals surface area contributed by atoms with E-state index < -0.39 is 0 Å². The van der Waals surface area contributed by atoms with Crippen LogP contribution in [0.2, 0.25) is 0 Å². The van der Waals surface area contributed by atoms with Crippen LogP contribution in [0.5, 0.6) is 0 Å². The molecule has 2 N–H and O–H groups in total. The average molecular weight is 246 g/mol. The van der Waals surface area contributed by atoms with Crippen LogP contribution in [0.3, 0.4) is 0 Å². The summed E-state index contributed by atoms with van der Waals surface area (Å²) in [5.41, 5.74) is 8.07. The van der Waals surface area contributed by atoms with Crippen molar-refractivity contribution in [2.24, 2.45) is 10.7 Å². The third-order valence-corrected chi connectivity index (χ3v) is 3.04. The lowest BCUT2D eigenvalue weighted by molar-refractivity contribution is 0.674. The zero-order valence-electron chi connectivity index (χ0n) is 11.6. The number of hydrogen-bond donors (Lipinski definition) is 1. The van der Waals surface area contributed by atoms with E-state index in [4.69, 9.17) is 10.7 Å². The number of nitrogens with two attached hydrogens (primary N) is 1. The first-order chi connectivity index (χ1) is 8.88. The summed E-state index contributed by atoms with van der Waals surface area (Å²) in [7, 11) is 0. The predicted octanol–water partition coefficient (Wildman–Crippen LogP) is 3.79. The average Bonchev–Trinajstić information content (AvgIpc) is 2.43. The molecule has 0 aliphatic rings. The van der Waals surface area contributed by atoms with Crippen LogP contribution in [-0.4, -0.2) is 18.8 Å². The van der Waals surface area contributed by atoms with Gasteiger partial charge in [0.05, 0.1) is 0 Å². The monoisotopic (exact) mass is 246 g/mol. The minimum atomic E-state index is 0.738. The van der Waals surface area contributed by atoms with Gasteiger partial charge in [0.25, 0.3) is 0 Å². The smallest absolute Gasteiger partial charge is 0.0421 e. The van der Waals surface area contributed by atoms with Crippen LogP contribution in [0.15, 0.2) is 35.3 Å². The second kappa shape index (κ2) is 9.84. The van der Waals surface area contributed by atoms with E-state index in [0.29, 0.717) is 0 Å². The molecule has 18 heavy (non-hydrogen) atoms. The molecule has 0 aliphatic heterocycles. The maximum atomic E-state index is 5.59.